The third kappa shape index (κ3) is 3.46. The summed E-state index contributed by atoms with van der Waals surface area (Å²) < 4.78 is 11.0. The molecule has 11 heteroatoms. The van der Waals surface area contributed by atoms with E-state index in [1.165, 1.54) is 12.1 Å². The Morgan fingerprint density at radius 1 is 1.38 bits per heavy atom. The average molecular weight is 434 g/mol. The van der Waals surface area contributed by atoms with Gasteiger partial charge in [-0.2, -0.15) is 5.10 Å². The van der Waals surface area contributed by atoms with Crippen LogP contribution in [0.1, 0.15) is 23.6 Å². The fraction of sp³-hybridized carbons (Fsp3) is 0.222. The first-order chi connectivity index (χ1) is 13.9. The van der Waals surface area contributed by atoms with E-state index in [0.29, 0.717) is 29.2 Å². The molecule has 2 heterocycles. The quantitative estimate of drug-likeness (QED) is 0.321. The van der Waals surface area contributed by atoms with Crippen molar-refractivity contribution >= 4 is 40.3 Å². The number of hydrogen-bond acceptors (Lipinski definition) is 7. The monoisotopic (exact) mass is 433 g/mol. The standard InChI is InChI=1S/C18H16ClN5O4S/c1-9-4-11-6-15-16(28-8-27-15)7-12(11)17(22-23(9)18(29)21-20)10-2-3-14(24(25)26)13(19)5-10/h2-3,5-7,9H,4,8,20H2,1H3,(H,21,29). The van der Waals surface area contributed by atoms with Gasteiger partial charge in [0.1, 0.15) is 5.02 Å². The molecule has 0 fully saturated rings. The molecule has 2 aliphatic rings. The van der Waals surface area contributed by atoms with Gasteiger partial charge in [-0.05, 0) is 55.4 Å². The molecule has 0 amide bonds. The van der Waals surface area contributed by atoms with Gasteiger partial charge in [-0.15, -0.1) is 0 Å². The molecule has 2 aliphatic heterocycles. The molecule has 2 aromatic rings. The van der Waals surface area contributed by atoms with Crippen LogP contribution in [-0.2, 0) is 6.42 Å². The van der Waals surface area contributed by atoms with Gasteiger partial charge in [0, 0.05) is 17.2 Å². The number of nitrogens with two attached hydrogens (primary N) is 1. The van der Waals surface area contributed by atoms with Gasteiger partial charge >= 0.3 is 0 Å². The summed E-state index contributed by atoms with van der Waals surface area (Å²) in [6.07, 6.45) is 0.613. The first-order valence-corrected chi connectivity index (χ1v) is 9.43. The number of benzene rings is 2. The topological polar surface area (TPSA) is 115 Å². The van der Waals surface area contributed by atoms with Gasteiger partial charge in [0.2, 0.25) is 11.9 Å². The van der Waals surface area contributed by atoms with Gasteiger partial charge in [-0.3, -0.25) is 15.5 Å². The van der Waals surface area contributed by atoms with Crippen LogP contribution in [0.2, 0.25) is 5.02 Å². The summed E-state index contributed by atoms with van der Waals surface area (Å²) in [6.45, 7) is 2.12. The van der Waals surface area contributed by atoms with Crippen LogP contribution >= 0.6 is 23.8 Å². The second-order valence-electron chi connectivity index (χ2n) is 6.58. The van der Waals surface area contributed by atoms with Crippen molar-refractivity contribution in [2.45, 2.75) is 19.4 Å². The molecule has 0 bridgehead atoms. The molecular weight excluding hydrogens is 418 g/mol. The van der Waals surface area contributed by atoms with E-state index < -0.39 is 4.92 Å². The Morgan fingerprint density at radius 3 is 2.76 bits per heavy atom. The van der Waals surface area contributed by atoms with Crippen molar-refractivity contribution in [1.82, 2.24) is 10.4 Å². The van der Waals surface area contributed by atoms with E-state index in [1.54, 1.807) is 11.1 Å². The summed E-state index contributed by atoms with van der Waals surface area (Å²) in [5, 5.41) is 17.7. The lowest BCUT2D eigenvalue weighted by Gasteiger charge is -2.24. The van der Waals surface area contributed by atoms with Crippen LogP contribution in [0.4, 0.5) is 5.69 Å². The molecule has 1 atom stereocenters. The second-order valence-corrected chi connectivity index (χ2v) is 7.38. The molecule has 4 rings (SSSR count). The highest BCUT2D eigenvalue weighted by atomic mass is 35.5. The van der Waals surface area contributed by atoms with E-state index in [9.17, 15) is 10.1 Å². The summed E-state index contributed by atoms with van der Waals surface area (Å²) in [4.78, 5) is 10.6. The van der Waals surface area contributed by atoms with Gasteiger partial charge in [0.25, 0.3) is 5.69 Å². The SMILES string of the molecule is CC1Cc2cc3c(cc2C(c2ccc([N+](=O)[O-])c(Cl)c2)=NN1C(=S)NN)OCO3. The number of nitrogens with zero attached hydrogens (tertiary/aromatic N) is 3. The van der Waals surface area contributed by atoms with Gasteiger partial charge < -0.3 is 9.47 Å². The molecule has 3 N–H and O–H groups in total. The first kappa shape index (κ1) is 19.4. The summed E-state index contributed by atoms with van der Waals surface area (Å²) in [5.74, 6) is 6.78. The summed E-state index contributed by atoms with van der Waals surface area (Å²) in [5.41, 5.74) is 5.18. The fourth-order valence-corrected chi connectivity index (χ4v) is 3.84. The highest BCUT2D eigenvalue weighted by molar-refractivity contribution is 7.80. The summed E-state index contributed by atoms with van der Waals surface area (Å²) in [6, 6.07) is 8.12. The number of nitro benzene ring substituents is 1. The fourth-order valence-electron chi connectivity index (χ4n) is 3.37. The Kier molecular flexibility index (Phi) is 4.99. The normalized spacial score (nSPS) is 17.3. The average Bonchev–Trinajstić information content (AvgIpc) is 3.09. The van der Waals surface area contributed by atoms with E-state index in [4.69, 9.17) is 44.2 Å². The third-order valence-corrected chi connectivity index (χ3v) is 5.35. The number of rotatable bonds is 2. The van der Waals surface area contributed by atoms with Crippen LogP contribution in [0.3, 0.4) is 0 Å². The third-order valence-electron chi connectivity index (χ3n) is 4.74. The number of hydrogen-bond donors (Lipinski definition) is 2. The molecule has 1 unspecified atom stereocenters. The van der Waals surface area contributed by atoms with Crippen LogP contribution in [0.15, 0.2) is 35.4 Å². The number of ether oxygens (including phenoxy) is 2. The minimum Gasteiger partial charge on any atom is -0.454 e. The van der Waals surface area contributed by atoms with Crippen molar-refractivity contribution in [3.05, 3.63) is 62.2 Å². The molecule has 0 aromatic heterocycles. The van der Waals surface area contributed by atoms with E-state index in [-0.39, 0.29) is 28.7 Å². The number of halogens is 1. The zero-order valence-corrected chi connectivity index (χ0v) is 16.8. The van der Waals surface area contributed by atoms with E-state index in [0.717, 1.165) is 11.1 Å². The van der Waals surface area contributed by atoms with Gasteiger partial charge in [-0.25, -0.2) is 10.9 Å². The number of nitrogens with one attached hydrogen (secondary N) is 1. The van der Waals surface area contributed by atoms with E-state index >= 15 is 0 Å². The van der Waals surface area contributed by atoms with Crippen molar-refractivity contribution in [2.24, 2.45) is 10.9 Å². The van der Waals surface area contributed by atoms with Gasteiger partial charge in [-0.1, -0.05) is 11.6 Å². The number of hydrazine groups is 1. The van der Waals surface area contributed by atoms with Crippen molar-refractivity contribution in [2.75, 3.05) is 6.79 Å². The van der Waals surface area contributed by atoms with Gasteiger partial charge in [0.15, 0.2) is 11.5 Å². The molecule has 29 heavy (non-hydrogen) atoms. The van der Waals surface area contributed by atoms with Crippen LogP contribution < -0.4 is 20.7 Å². The molecule has 0 spiro atoms. The molecule has 2 aromatic carbocycles. The second kappa shape index (κ2) is 7.47. The van der Waals surface area contributed by atoms with E-state index in [2.05, 4.69) is 5.43 Å². The number of fused-ring (bicyclic) bond motifs is 2. The number of thiocarbonyl (C=S) groups is 1. The number of nitro groups is 1. The zero-order valence-electron chi connectivity index (χ0n) is 15.2. The first-order valence-electron chi connectivity index (χ1n) is 8.64. The molecule has 150 valence electrons. The molecule has 9 nitrogen and oxygen atoms in total. The van der Waals surface area contributed by atoms with Crippen LogP contribution in [0.5, 0.6) is 11.5 Å². The Balaban J connectivity index is 1.91. The molecule has 0 radical (unpaired) electrons. The van der Waals surface area contributed by atoms with Gasteiger partial charge in [0.05, 0.1) is 16.7 Å². The maximum absolute atomic E-state index is 11.1. The molecule has 0 aliphatic carbocycles. The summed E-state index contributed by atoms with van der Waals surface area (Å²) >= 11 is 11.5. The Morgan fingerprint density at radius 2 is 2.10 bits per heavy atom. The van der Waals surface area contributed by atoms with Crippen molar-refractivity contribution in [3.63, 3.8) is 0 Å². The van der Waals surface area contributed by atoms with Crippen LogP contribution in [0.25, 0.3) is 0 Å². The lowest BCUT2D eigenvalue weighted by Crippen LogP contribution is -2.45. The lowest BCUT2D eigenvalue weighted by atomic mass is 9.94. The predicted molar refractivity (Wildman–Crippen MR) is 111 cm³/mol. The van der Waals surface area contributed by atoms with Crippen LogP contribution in [-0.4, -0.2) is 33.6 Å². The molecule has 0 saturated carbocycles. The Bertz CT molecular complexity index is 1060. The molecule has 0 saturated heterocycles. The van der Waals surface area contributed by atoms with Crippen molar-refractivity contribution in [3.8, 4) is 11.5 Å². The summed E-state index contributed by atoms with van der Waals surface area (Å²) in [7, 11) is 0. The maximum atomic E-state index is 11.1. The predicted octanol–water partition coefficient (Wildman–Crippen LogP) is 2.72. The number of hydrazone groups is 1. The molecular formula is C18H16ClN5O4S. The maximum Gasteiger partial charge on any atom is 0.287 e. The minimum atomic E-state index is -0.533. The Hall–Kier alpha value is -2.95. The Labute approximate surface area is 176 Å². The highest BCUT2D eigenvalue weighted by Gasteiger charge is 2.29. The van der Waals surface area contributed by atoms with Crippen LogP contribution in [0, 0.1) is 10.1 Å². The smallest absolute Gasteiger partial charge is 0.287 e. The van der Waals surface area contributed by atoms with E-state index in [1.807, 2.05) is 19.1 Å². The lowest BCUT2D eigenvalue weighted by molar-refractivity contribution is -0.384. The van der Waals surface area contributed by atoms with Crippen molar-refractivity contribution in [1.29, 1.82) is 0 Å². The van der Waals surface area contributed by atoms with Crippen molar-refractivity contribution < 1.29 is 14.4 Å². The highest BCUT2D eigenvalue weighted by Crippen LogP contribution is 2.38. The largest absolute Gasteiger partial charge is 0.454 e. The minimum absolute atomic E-state index is 0.0147. The zero-order chi connectivity index (χ0) is 20.7.